The van der Waals surface area contributed by atoms with Gasteiger partial charge in [0, 0.05) is 12.2 Å². The summed E-state index contributed by atoms with van der Waals surface area (Å²) in [4.78, 5) is 15.5. The molecule has 0 aromatic carbocycles. The van der Waals surface area contributed by atoms with Crippen LogP contribution in [0.25, 0.3) is 0 Å². The van der Waals surface area contributed by atoms with E-state index in [-0.39, 0.29) is 5.91 Å². The Hall–Kier alpha value is -1.38. The first-order valence-corrected chi connectivity index (χ1v) is 4.37. The molecule has 0 fully saturated rings. The number of carbonyl (C=O) groups is 1. The molecule has 1 rings (SSSR count). The lowest BCUT2D eigenvalue weighted by atomic mass is 10.2. The third-order valence-electron chi connectivity index (χ3n) is 1.67. The first-order valence-electron chi connectivity index (χ1n) is 4.37. The Labute approximate surface area is 78.2 Å². The van der Waals surface area contributed by atoms with Crippen LogP contribution in [0.4, 0.5) is 0 Å². The molecular weight excluding hydrogens is 164 g/mol. The molecule has 1 aromatic heterocycles. The van der Waals surface area contributed by atoms with Crippen molar-refractivity contribution in [2.24, 2.45) is 0 Å². The van der Waals surface area contributed by atoms with Gasteiger partial charge in [-0.15, -0.1) is 0 Å². The molecule has 1 aromatic rings. The Kier molecular flexibility index (Phi) is 3.01. The average molecular weight is 178 g/mol. The molecule has 3 heteroatoms. The second kappa shape index (κ2) is 4.03. The minimum Gasteiger partial charge on any atom is -0.351 e. The predicted molar refractivity (Wildman–Crippen MR) is 51.7 cm³/mol. The van der Waals surface area contributed by atoms with E-state index in [1.807, 2.05) is 26.8 Å². The van der Waals surface area contributed by atoms with Crippen LogP contribution in [0, 0.1) is 13.8 Å². The summed E-state index contributed by atoms with van der Waals surface area (Å²) >= 11 is 0. The van der Waals surface area contributed by atoms with Crippen molar-refractivity contribution in [3.63, 3.8) is 0 Å². The molecule has 0 unspecified atom stereocenters. The largest absolute Gasteiger partial charge is 0.351 e. The van der Waals surface area contributed by atoms with Gasteiger partial charge in [-0.1, -0.05) is 0 Å². The van der Waals surface area contributed by atoms with E-state index < -0.39 is 0 Å². The van der Waals surface area contributed by atoms with Crippen molar-refractivity contribution in [3.8, 4) is 0 Å². The molecule has 0 aliphatic heterocycles. The van der Waals surface area contributed by atoms with Crippen molar-refractivity contribution < 1.29 is 4.79 Å². The molecule has 70 valence electrons. The zero-order chi connectivity index (χ0) is 9.84. The van der Waals surface area contributed by atoms with Crippen molar-refractivity contribution in [1.82, 2.24) is 10.3 Å². The molecule has 0 saturated carbocycles. The van der Waals surface area contributed by atoms with Crippen LogP contribution >= 0.6 is 0 Å². The number of nitrogens with zero attached hydrogens (tertiary/aromatic N) is 1. The zero-order valence-electron chi connectivity index (χ0n) is 8.22. The van der Waals surface area contributed by atoms with Gasteiger partial charge in [-0.2, -0.15) is 0 Å². The van der Waals surface area contributed by atoms with E-state index in [1.165, 1.54) is 0 Å². The number of amides is 1. The predicted octanol–water partition coefficient (Wildman–Crippen LogP) is 1.45. The molecule has 1 amide bonds. The molecule has 1 heterocycles. The number of hydrogen-bond acceptors (Lipinski definition) is 2. The lowest BCUT2D eigenvalue weighted by Gasteiger charge is -2.03. The van der Waals surface area contributed by atoms with Gasteiger partial charge >= 0.3 is 0 Å². The molecule has 0 atom stereocenters. The lowest BCUT2D eigenvalue weighted by Crippen LogP contribution is -2.24. The molecular formula is C10H14N2O. The third-order valence-corrected chi connectivity index (χ3v) is 1.67. The maximum absolute atomic E-state index is 11.4. The third kappa shape index (κ3) is 2.54. The Morgan fingerprint density at radius 3 is 2.69 bits per heavy atom. The Bertz CT molecular complexity index is 300. The van der Waals surface area contributed by atoms with Crippen LogP contribution in [0.5, 0.6) is 0 Å². The Morgan fingerprint density at radius 2 is 2.15 bits per heavy atom. The summed E-state index contributed by atoms with van der Waals surface area (Å²) in [6.45, 7) is 6.36. The molecule has 0 saturated heterocycles. The monoisotopic (exact) mass is 178 g/mol. The summed E-state index contributed by atoms with van der Waals surface area (Å²) in [6.07, 6.45) is 0. The van der Waals surface area contributed by atoms with Crippen molar-refractivity contribution >= 4 is 5.91 Å². The minimum atomic E-state index is -0.103. The van der Waals surface area contributed by atoms with Gasteiger partial charge in [0.15, 0.2) is 0 Å². The highest BCUT2D eigenvalue weighted by atomic mass is 16.1. The van der Waals surface area contributed by atoms with E-state index in [1.54, 1.807) is 6.07 Å². The molecule has 1 N–H and O–H groups in total. The van der Waals surface area contributed by atoms with Gasteiger partial charge in [0.25, 0.3) is 5.91 Å². The number of nitrogens with one attached hydrogen (secondary N) is 1. The van der Waals surface area contributed by atoms with Crippen molar-refractivity contribution in [1.29, 1.82) is 0 Å². The number of aryl methyl sites for hydroxylation is 2. The summed E-state index contributed by atoms with van der Waals surface area (Å²) in [7, 11) is 0. The highest BCUT2D eigenvalue weighted by Crippen LogP contribution is 2.03. The maximum atomic E-state index is 11.4. The lowest BCUT2D eigenvalue weighted by molar-refractivity contribution is 0.0950. The number of rotatable bonds is 2. The number of pyridine rings is 1. The van der Waals surface area contributed by atoms with Crippen LogP contribution in [0.1, 0.15) is 28.7 Å². The number of carbonyl (C=O) groups excluding carboxylic acids is 1. The van der Waals surface area contributed by atoms with E-state index in [0.29, 0.717) is 12.2 Å². The van der Waals surface area contributed by atoms with Crippen molar-refractivity contribution in [2.75, 3.05) is 6.54 Å². The summed E-state index contributed by atoms with van der Waals surface area (Å²) in [5.74, 6) is -0.103. The fourth-order valence-electron chi connectivity index (χ4n) is 1.21. The molecule has 0 spiro atoms. The van der Waals surface area contributed by atoms with E-state index in [9.17, 15) is 4.79 Å². The summed E-state index contributed by atoms with van der Waals surface area (Å²) in [5.41, 5.74) is 2.44. The van der Waals surface area contributed by atoms with Gasteiger partial charge in [0.1, 0.15) is 5.69 Å². The standard InChI is InChI=1S/C10H14N2O/c1-4-11-10(13)9-6-7(2)5-8(3)12-9/h5-6H,4H2,1-3H3,(H,11,13). The van der Waals surface area contributed by atoms with Gasteiger partial charge < -0.3 is 5.32 Å². The maximum Gasteiger partial charge on any atom is 0.269 e. The average Bonchev–Trinajstić information content (AvgIpc) is 2.03. The topological polar surface area (TPSA) is 42.0 Å². The first-order chi connectivity index (χ1) is 6.13. The van der Waals surface area contributed by atoms with Gasteiger partial charge in [-0.25, -0.2) is 4.98 Å². The summed E-state index contributed by atoms with van der Waals surface area (Å²) in [5, 5.41) is 2.71. The molecule has 3 nitrogen and oxygen atoms in total. The fourth-order valence-corrected chi connectivity index (χ4v) is 1.21. The summed E-state index contributed by atoms with van der Waals surface area (Å²) in [6, 6.07) is 3.74. The van der Waals surface area contributed by atoms with Crippen LogP contribution in [0.15, 0.2) is 12.1 Å². The van der Waals surface area contributed by atoms with E-state index in [2.05, 4.69) is 10.3 Å². The second-order valence-corrected chi connectivity index (χ2v) is 3.03. The Morgan fingerprint density at radius 1 is 1.46 bits per heavy atom. The van der Waals surface area contributed by atoms with E-state index in [4.69, 9.17) is 0 Å². The molecule has 0 aliphatic carbocycles. The fraction of sp³-hybridized carbons (Fsp3) is 0.400. The smallest absolute Gasteiger partial charge is 0.269 e. The number of aromatic nitrogens is 1. The summed E-state index contributed by atoms with van der Waals surface area (Å²) < 4.78 is 0. The van der Waals surface area contributed by atoms with Gasteiger partial charge in [0.05, 0.1) is 0 Å². The van der Waals surface area contributed by atoms with Crippen molar-refractivity contribution in [3.05, 3.63) is 29.1 Å². The highest BCUT2D eigenvalue weighted by Gasteiger charge is 2.05. The zero-order valence-corrected chi connectivity index (χ0v) is 8.22. The van der Waals surface area contributed by atoms with E-state index >= 15 is 0 Å². The van der Waals surface area contributed by atoms with Gasteiger partial charge in [0.2, 0.25) is 0 Å². The van der Waals surface area contributed by atoms with Crippen molar-refractivity contribution in [2.45, 2.75) is 20.8 Å². The molecule has 13 heavy (non-hydrogen) atoms. The van der Waals surface area contributed by atoms with Crippen LogP contribution in [-0.4, -0.2) is 17.4 Å². The van der Waals surface area contributed by atoms with Crippen LogP contribution in [0.3, 0.4) is 0 Å². The molecule has 0 aliphatic rings. The minimum absolute atomic E-state index is 0.103. The van der Waals surface area contributed by atoms with Crippen LogP contribution < -0.4 is 5.32 Å². The van der Waals surface area contributed by atoms with Gasteiger partial charge in [-0.3, -0.25) is 4.79 Å². The quantitative estimate of drug-likeness (QED) is 0.744. The van der Waals surface area contributed by atoms with Gasteiger partial charge in [-0.05, 0) is 38.5 Å². The molecule has 0 bridgehead atoms. The SMILES string of the molecule is CCNC(=O)c1cc(C)cc(C)n1. The van der Waals surface area contributed by atoms with Crippen LogP contribution in [0.2, 0.25) is 0 Å². The first kappa shape index (κ1) is 9.71. The Balaban J connectivity index is 2.94. The normalized spacial score (nSPS) is 9.77. The second-order valence-electron chi connectivity index (χ2n) is 3.03. The number of hydrogen-bond donors (Lipinski definition) is 1. The van der Waals surface area contributed by atoms with E-state index in [0.717, 1.165) is 11.3 Å². The molecule has 0 radical (unpaired) electrons. The highest BCUT2D eigenvalue weighted by molar-refractivity contribution is 5.92. The van der Waals surface area contributed by atoms with Crippen LogP contribution in [-0.2, 0) is 0 Å².